The Hall–Kier alpha value is -2.01. The van der Waals surface area contributed by atoms with Gasteiger partial charge in [-0.05, 0) is 5.56 Å². The van der Waals surface area contributed by atoms with E-state index in [2.05, 4.69) is 4.74 Å². The van der Waals surface area contributed by atoms with Crippen molar-refractivity contribution in [1.82, 2.24) is 0 Å². The molecule has 0 aliphatic carbocycles. The zero-order valence-corrected chi connectivity index (χ0v) is 16.3. The van der Waals surface area contributed by atoms with E-state index < -0.39 is 64.9 Å². The third-order valence-electron chi connectivity index (χ3n) is 5.24. The van der Waals surface area contributed by atoms with Gasteiger partial charge in [-0.1, -0.05) is 37.3 Å². The van der Waals surface area contributed by atoms with Crippen molar-refractivity contribution in [1.29, 1.82) is 0 Å². The minimum atomic E-state index is -8.54. The Labute approximate surface area is 182 Å². The maximum atomic E-state index is 14.2. The van der Waals surface area contributed by atoms with Crippen LogP contribution in [0.15, 0.2) is 30.3 Å². The summed E-state index contributed by atoms with van der Waals surface area (Å²) in [6.07, 6.45) is -6.02. The summed E-state index contributed by atoms with van der Waals surface area (Å²) < 4.78 is 234. The highest BCUT2D eigenvalue weighted by molar-refractivity contribution is 5.25. The topological polar surface area (TPSA) is 12.5 Å². The lowest BCUT2D eigenvalue weighted by atomic mass is 9.83. The first-order valence-electron chi connectivity index (χ1n) is 8.69. The minimum Gasteiger partial charge on any atom is -0.265 e. The molecule has 0 bridgehead atoms. The SMILES string of the molecule is CC(c1ccccc1)C(F)(F)C(F)(F)C(F)(F)C(F)(F)C(F)(F)C(F)(F)C(F)(F)C1(F)OC1(F)F. The van der Waals surface area contributed by atoms with Crippen LogP contribution in [0.4, 0.5) is 74.6 Å². The molecule has 0 amide bonds. The van der Waals surface area contributed by atoms with Crippen molar-refractivity contribution in [3.63, 3.8) is 0 Å². The second-order valence-electron chi connectivity index (χ2n) is 7.42. The Morgan fingerprint density at radius 2 is 0.943 bits per heavy atom. The number of hydrogen-bond acceptors (Lipinski definition) is 1. The third kappa shape index (κ3) is 3.40. The van der Waals surface area contributed by atoms with E-state index in [-0.39, 0.29) is 6.92 Å². The van der Waals surface area contributed by atoms with E-state index in [9.17, 15) is 74.6 Å². The first-order chi connectivity index (χ1) is 15.2. The molecule has 0 radical (unpaired) electrons. The number of ether oxygens (including phenoxy) is 1. The zero-order valence-electron chi connectivity index (χ0n) is 16.3. The molecule has 1 aliphatic heterocycles. The zero-order chi connectivity index (χ0) is 27.9. The maximum Gasteiger partial charge on any atom is 0.424 e. The van der Waals surface area contributed by atoms with Crippen molar-refractivity contribution in [2.75, 3.05) is 0 Å². The molecule has 1 aromatic carbocycles. The van der Waals surface area contributed by atoms with Gasteiger partial charge in [-0.25, -0.2) is 0 Å². The normalized spacial score (nSPS) is 23.3. The summed E-state index contributed by atoms with van der Waals surface area (Å²) in [6, 6.07) is 3.97. The molecule has 2 rings (SSSR count). The molecule has 35 heavy (non-hydrogen) atoms. The first kappa shape index (κ1) is 29.2. The van der Waals surface area contributed by atoms with Crippen LogP contribution in [0, 0.1) is 0 Å². The molecule has 1 aromatic rings. The van der Waals surface area contributed by atoms with Crippen molar-refractivity contribution < 1.29 is 79.4 Å². The van der Waals surface area contributed by atoms with E-state index in [1.54, 1.807) is 0 Å². The molecule has 2 unspecified atom stereocenters. The van der Waals surface area contributed by atoms with Crippen LogP contribution in [0.5, 0.6) is 0 Å². The Kier molecular flexibility index (Phi) is 6.26. The van der Waals surface area contributed by atoms with Gasteiger partial charge in [0.2, 0.25) is 0 Å². The summed E-state index contributed by atoms with van der Waals surface area (Å²) in [4.78, 5) is 0. The summed E-state index contributed by atoms with van der Waals surface area (Å²) in [7, 11) is 0. The van der Waals surface area contributed by atoms with Crippen LogP contribution in [0.25, 0.3) is 0 Å². The lowest BCUT2D eigenvalue weighted by molar-refractivity contribution is -0.449. The van der Waals surface area contributed by atoms with Gasteiger partial charge in [0.1, 0.15) is 0 Å². The summed E-state index contributed by atoms with van der Waals surface area (Å²) in [6.45, 7) is 0.0255. The Bertz CT molecular complexity index is 941. The van der Waals surface area contributed by atoms with Gasteiger partial charge in [0, 0.05) is 0 Å². The van der Waals surface area contributed by atoms with Gasteiger partial charge < -0.3 is 0 Å². The fraction of sp³-hybridized carbons (Fsp3) is 0.647. The molecule has 1 nitrogen and oxygen atoms in total. The van der Waals surface area contributed by atoms with E-state index >= 15 is 0 Å². The van der Waals surface area contributed by atoms with Gasteiger partial charge in [0.25, 0.3) is 0 Å². The van der Waals surface area contributed by atoms with Crippen LogP contribution in [0.2, 0.25) is 0 Å². The number of halogens is 17. The molecule has 202 valence electrons. The van der Waals surface area contributed by atoms with Crippen molar-refractivity contribution in [2.45, 2.75) is 66.3 Å². The highest BCUT2D eigenvalue weighted by atomic mass is 19.4. The van der Waals surface area contributed by atoms with Crippen LogP contribution in [0.1, 0.15) is 18.4 Å². The summed E-state index contributed by atoms with van der Waals surface area (Å²) >= 11 is 0. The summed E-state index contributed by atoms with van der Waals surface area (Å²) in [5.41, 5.74) is -0.965. The maximum absolute atomic E-state index is 14.2. The van der Waals surface area contributed by atoms with Crippen molar-refractivity contribution >= 4 is 0 Å². The molecule has 18 heteroatoms. The Balaban J connectivity index is 2.59. The fourth-order valence-corrected chi connectivity index (χ4v) is 2.82. The van der Waals surface area contributed by atoms with Crippen LogP contribution in [0.3, 0.4) is 0 Å². The fourth-order valence-electron chi connectivity index (χ4n) is 2.82. The number of epoxide rings is 1. The Morgan fingerprint density at radius 1 is 0.600 bits per heavy atom. The highest BCUT2D eigenvalue weighted by Crippen LogP contribution is 2.69. The van der Waals surface area contributed by atoms with Gasteiger partial charge in [0.05, 0.1) is 5.92 Å². The summed E-state index contributed by atoms with van der Waals surface area (Å²) in [5, 5.41) is 0. The van der Waals surface area contributed by atoms with Crippen LogP contribution >= 0.6 is 0 Å². The lowest BCUT2D eigenvalue weighted by Crippen LogP contribution is -2.74. The Morgan fingerprint density at radius 3 is 1.31 bits per heavy atom. The van der Waals surface area contributed by atoms with E-state index in [0.29, 0.717) is 12.1 Å². The van der Waals surface area contributed by atoms with E-state index in [0.717, 1.165) is 18.2 Å². The van der Waals surface area contributed by atoms with E-state index in [4.69, 9.17) is 0 Å². The summed E-state index contributed by atoms with van der Waals surface area (Å²) in [5.74, 6) is -65.1. The molecular weight excluding hydrogens is 543 g/mol. The van der Waals surface area contributed by atoms with Gasteiger partial charge in [-0.3, -0.25) is 4.74 Å². The molecular formula is C17H9F17O. The second kappa shape index (κ2) is 7.50. The lowest BCUT2D eigenvalue weighted by Gasteiger charge is -2.43. The molecule has 1 saturated heterocycles. The van der Waals surface area contributed by atoms with Crippen molar-refractivity contribution in [3.05, 3.63) is 35.9 Å². The monoisotopic (exact) mass is 552 g/mol. The number of hydrogen-bond donors (Lipinski definition) is 0. The van der Waals surface area contributed by atoms with Gasteiger partial charge in [-0.15, -0.1) is 0 Å². The predicted molar refractivity (Wildman–Crippen MR) is 79.4 cm³/mol. The van der Waals surface area contributed by atoms with Crippen LogP contribution in [-0.2, 0) is 4.74 Å². The average molecular weight is 552 g/mol. The smallest absolute Gasteiger partial charge is 0.265 e. The molecule has 2 atom stereocenters. The molecule has 0 saturated carbocycles. The number of rotatable bonds is 9. The number of alkyl halides is 17. The molecule has 0 spiro atoms. The number of benzene rings is 1. The van der Waals surface area contributed by atoms with E-state index in [1.165, 1.54) is 0 Å². The second-order valence-corrected chi connectivity index (χ2v) is 7.42. The minimum absolute atomic E-state index is 0.0255. The largest absolute Gasteiger partial charge is 0.424 e. The quantitative estimate of drug-likeness (QED) is 0.228. The molecule has 1 aliphatic rings. The molecule has 1 heterocycles. The van der Waals surface area contributed by atoms with E-state index in [1.807, 2.05) is 0 Å². The molecule has 0 aromatic heterocycles. The first-order valence-corrected chi connectivity index (χ1v) is 8.69. The standard InChI is InChI=1S/C17H9F17O/c1-7(8-5-3-2-4-6-8)9(18,19)10(20,21)11(22,23)12(24,25)13(26,27)14(28,29)15(30,31)16(32)17(33,34)35-16/h2-7H,1H3. The highest BCUT2D eigenvalue weighted by Gasteiger charge is 3.01. The van der Waals surface area contributed by atoms with Crippen LogP contribution < -0.4 is 0 Å². The van der Waals surface area contributed by atoms with Gasteiger partial charge in [-0.2, -0.15) is 74.6 Å². The van der Waals surface area contributed by atoms with Crippen LogP contribution in [-0.4, -0.2) is 53.4 Å². The molecule has 0 N–H and O–H groups in total. The van der Waals surface area contributed by atoms with Gasteiger partial charge >= 0.3 is 53.4 Å². The van der Waals surface area contributed by atoms with Crippen molar-refractivity contribution in [3.8, 4) is 0 Å². The third-order valence-corrected chi connectivity index (χ3v) is 5.24. The average Bonchev–Trinajstić information content (AvgIpc) is 3.26. The van der Waals surface area contributed by atoms with Gasteiger partial charge in [0.15, 0.2) is 0 Å². The van der Waals surface area contributed by atoms with Crippen molar-refractivity contribution in [2.24, 2.45) is 0 Å². The molecule has 1 fully saturated rings. The predicted octanol–water partition coefficient (Wildman–Crippen LogP) is 7.53.